The SMILES string of the molecule is COc1ccc(C2=NN(C3=NC(=O)C(CC(=O)Nc4ccc(C)cc4C)S3)C(c3ccccc3)C2)cc1. The van der Waals surface area contributed by atoms with Gasteiger partial charge in [0.1, 0.15) is 11.0 Å². The molecular formula is C29H28N4O3S. The van der Waals surface area contributed by atoms with E-state index in [0.29, 0.717) is 11.6 Å². The van der Waals surface area contributed by atoms with Gasteiger partial charge >= 0.3 is 0 Å². The van der Waals surface area contributed by atoms with Crippen molar-refractivity contribution in [1.82, 2.24) is 5.01 Å². The van der Waals surface area contributed by atoms with Gasteiger partial charge in [-0.25, -0.2) is 5.01 Å². The summed E-state index contributed by atoms with van der Waals surface area (Å²) in [6.07, 6.45) is 0.713. The molecule has 8 heteroatoms. The first kappa shape index (κ1) is 24.8. The Bertz CT molecular complexity index is 1390. The number of hydrazone groups is 1. The van der Waals surface area contributed by atoms with Crippen LogP contribution in [0.2, 0.25) is 0 Å². The van der Waals surface area contributed by atoms with Crippen molar-refractivity contribution in [3.63, 3.8) is 0 Å². The molecule has 0 spiro atoms. The van der Waals surface area contributed by atoms with Crippen LogP contribution in [0.15, 0.2) is 82.9 Å². The second-order valence-electron chi connectivity index (χ2n) is 9.16. The van der Waals surface area contributed by atoms with Crippen LogP contribution in [0.3, 0.4) is 0 Å². The molecule has 2 unspecified atom stereocenters. The van der Waals surface area contributed by atoms with Gasteiger partial charge in [-0.05, 0) is 60.9 Å². The zero-order valence-electron chi connectivity index (χ0n) is 21.0. The Morgan fingerprint density at radius 3 is 2.54 bits per heavy atom. The van der Waals surface area contributed by atoms with Gasteiger partial charge in [-0.15, -0.1) is 0 Å². The van der Waals surface area contributed by atoms with Gasteiger partial charge in [-0.3, -0.25) is 9.59 Å². The van der Waals surface area contributed by atoms with E-state index >= 15 is 0 Å². The number of carbonyl (C=O) groups excluding carboxylic acids is 2. The number of ether oxygens (including phenoxy) is 1. The lowest BCUT2D eigenvalue weighted by atomic mass is 9.98. The number of aliphatic imine (C=N–C) groups is 1. The molecule has 5 rings (SSSR count). The summed E-state index contributed by atoms with van der Waals surface area (Å²) < 4.78 is 5.29. The van der Waals surface area contributed by atoms with Gasteiger partial charge < -0.3 is 10.1 Å². The molecule has 0 bridgehead atoms. The molecule has 2 aliphatic heterocycles. The average Bonchev–Trinajstić information content (AvgIpc) is 3.50. The fourth-order valence-corrected chi connectivity index (χ4v) is 5.57. The maximum atomic E-state index is 12.8. The number of nitrogens with one attached hydrogen (secondary N) is 1. The molecule has 2 aliphatic rings. The van der Waals surface area contributed by atoms with E-state index in [1.54, 1.807) is 7.11 Å². The fourth-order valence-electron chi connectivity index (χ4n) is 4.51. The van der Waals surface area contributed by atoms with Crippen molar-refractivity contribution >= 4 is 40.1 Å². The number of aryl methyl sites for hydroxylation is 2. The third kappa shape index (κ3) is 5.44. The smallest absolute Gasteiger partial charge is 0.262 e. The first-order chi connectivity index (χ1) is 17.9. The predicted molar refractivity (Wildman–Crippen MR) is 148 cm³/mol. The number of methoxy groups -OCH3 is 1. The van der Waals surface area contributed by atoms with Crippen LogP contribution in [0.25, 0.3) is 0 Å². The maximum Gasteiger partial charge on any atom is 0.262 e. The summed E-state index contributed by atoms with van der Waals surface area (Å²) in [6, 6.07) is 23.6. The Labute approximate surface area is 220 Å². The molecule has 37 heavy (non-hydrogen) atoms. The van der Waals surface area contributed by atoms with Crippen molar-refractivity contribution < 1.29 is 14.3 Å². The highest BCUT2D eigenvalue weighted by Crippen LogP contribution is 2.38. The van der Waals surface area contributed by atoms with Gasteiger partial charge in [0, 0.05) is 18.5 Å². The van der Waals surface area contributed by atoms with Crippen molar-refractivity contribution in [2.75, 3.05) is 12.4 Å². The Hall–Kier alpha value is -3.91. The number of thioether (sulfide) groups is 1. The Morgan fingerprint density at radius 2 is 1.84 bits per heavy atom. The highest BCUT2D eigenvalue weighted by Gasteiger charge is 2.39. The van der Waals surface area contributed by atoms with E-state index in [1.807, 2.05) is 79.5 Å². The molecule has 0 fully saturated rings. The van der Waals surface area contributed by atoms with E-state index in [4.69, 9.17) is 9.84 Å². The summed E-state index contributed by atoms with van der Waals surface area (Å²) >= 11 is 1.30. The lowest BCUT2D eigenvalue weighted by molar-refractivity contribution is -0.121. The number of rotatable bonds is 6. The third-order valence-electron chi connectivity index (χ3n) is 6.47. The number of benzene rings is 3. The fraction of sp³-hybridized carbons (Fsp3) is 0.241. The van der Waals surface area contributed by atoms with Crippen LogP contribution in [0.5, 0.6) is 5.75 Å². The minimum atomic E-state index is -0.586. The van der Waals surface area contributed by atoms with E-state index in [-0.39, 0.29) is 24.3 Å². The van der Waals surface area contributed by atoms with Crippen LogP contribution < -0.4 is 10.1 Å². The van der Waals surface area contributed by atoms with Gasteiger partial charge in [0.25, 0.3) is 5.91 Å². The lowest BCUT2D eigenvalue weighted by Gasteiger charge is -2.23. The highest BCUT2D eigenvalue weighted by atomic mass is 32.2. The number of anilines is 1. The molecule has 2 atom stereocenters. The molecule has 1 N–H and O–H groups in total. The van der Waals surface area contributed by atoms with Gasteiger partial charge in [-0.1, -0.05) is 59.8 Å². The molecule has 188 valence electrons. The van der Waals surface area contributed by atoms with E-state index in [2.05, 4.69) is 22.4 Å². The van der Waals surface area contributed by atoms with Crippen LogP contribution in [0, 0.1) is 13.8 Å². The van der Waals surface area contributed by atoms with Gasteiger partial charge in [0.15, 0.2) is 5.17 Å². The minimum Gasteiger partial charge on any atom is -0.497 e. The Balaban J connectivity index is 1.34. The largest absolute Gasteiger partial charge is 0.497 e. The molecular weight excluding hydrogens is 484 g/mol. The zero-order chi connectivity index (χ0) is 25.9. The van der Waals surface area contributed by atoms with Gasteiger partial charge in [0.2, 0.25) is 5.91 Å². The Kier molecular flexibility index (Phi) is 7.10. The average molecular weight is 513 g/mol. The molecule has 0 saturated heterocycles. The normalized spacial score (nSPS) is 19.0. The lowest BCUT2D eigenvalue weighted by Crippen LogP contribution is -2.25. The topological polar surface area (TPSA) is 83.4 Å². The molecule has 0 saturated carbocycles. The summed E-state index contributed by atoms with van der Waals surface area (Å²) in [5.41, 5.74) is 5.85. The standard InChI is InChI=1S/C29H28N4O3S/c1-18-9-14-23(19(2)15-18)30-27(34)17-26-28(35)31-29(37-26)33-25(21-7-5-4-6-8-21)16-24(32-33)20-10-12-22(36-3)13-11-20/h4-15,25-26H,16-17H2,1-3H3,(H,30,34). The van der Waals surface area contributed by atoms with Crippen molar-refractivity contribution in [2.45, 2.75) is 38.0 Å². The second kappa shape index (κ2) is 10.6. The van der Waals surface area contributed by atoms with Crippen molar-refractivity contribution in [1.29, 1.82) is 0 Å². The summed E-state index contributed by atoms with van der Waals surface area (Å²) in [6.45, 7) is 3.96. The zero-order valence-corrected chi connectivity index (χ0v) is 21.8. The highest BCUT2D eigenvalue weighted by molar-refractivity contribution is 8.15. The van der Waals surface area contributed by atoms with E-state index < -0.39 is 5.25 Å². The maximum absolute atomic E-state index is 12.8. The molecule has 0 aromatic heterocycles. The predicted octanol–water partition coefficient (Wildman–Crippen LogP) is 5.49. The number of hydrogen-bond donors (Lipinski definition) is 1. The molecule has 7 nitrogen and oxygen atoms in total. The molecule has 3 aromatic rings. The summed E-state index contributed by atoms with van der Waals surface area (Å²) in [5, 5.41) is 9.60. The quantitative estimate of drug-likeness (QED) is 0.472. The van der Waals surface area contributed by atoms with E-state index in [0.717, 1.165) is 39.4 Å². The van der Waals surface area contributed by atoms with Crippen LogP contribution in [0.1, 0.15) is 41.1 Å². The minimum absolute atomic E-state index is 0.0444. The number of carbonyl (C=O) groups is 2. The van der Waals surface area contributed by atoms with Crippen LogP contribution in [-0.4, -0.2) is 40.1 Å². The summed E-state index contributed by atoms with van der Waals surface area (Å²) in [7, 11) is 1.64. The number of nitrogens with zero attached hydrogens (tertiary/aromatic N) is 3. The van der Waals surface area contributed by atoms with Crippen molar-refractivity contribution in [3.8, 4) is 5.75 Å². The van der Waals surface area contributed by atoms with Crippen LogP contribution >= 0.6 is 11.8 Å². The van der Waals surface area contributed by atoms with Crippen molar-refractivity contribution in [2.24, 2.45) is 10.1 Å². The van der Waals surface area contributed by atoms with E-state index in [9.17, 15) is 9.59 Å². The molecule has 2 heterocycles. The first-order valence-corrected chi connectivity index (χ1v) is 13.0. The summed E-state index contributed by atoms with van der Waals surface area (Å²) in [4.78, 5) is 29.9. The number of amidine groups is 1. The monoisotopic (exact) mass is 512 g/mol. The van der Waals surface area contributed by atoms with E-state index in [1.165, 1.54) is 11.8 Å². The number of amides is 2. The molecule has 2 amide bonds. The van der Waals surface area contributed by atoms with Gasteiger partial charge in [-0.2, -0.15) is 10.1 Å². The molecule has 0 aliphatic carbocycles. The molecule has 0 radical (unpaired) electrons. The van der Waals surface area contributed by atoms with Crippen LogP contribution in [0.4, 0.5) is 5.69 Å². The summed E-state index contributed by atoms with van der Waals surface area (Å²) in [5.74, 6) is 0.260. The van der Waals surface area contributed by atoms with Gasteiger partial charge in [0.05, 0.1) is 18.9 Å². The second-order valence-corrected chi connectivity index (χ2v) is 10.3. The first-order valence-electron chi connectivity index (χ1n) is 12.1. The Morgan fingerprint density at radius 1 is 1.08 bits per heavy atom. The van der Waals surface area contributed by atoms with Crippen molar-refractivity contribution in [3.05, 3.63) is 95.1 Å². The molecule has 3 aromatic carbocycles. The number of hydrogen-bond acceptors (Lipinski definition) is 6. The van der Waals surface area contributed by atoms with Crippen LogP contribution in [-0.2, 0) is 9.59 Å². The third-order valence-corrected chi connectivity index (χ3v) is 7.61.